The van der Waals surface area contributed by atoms with Crippen molar-refractivity contribution in [2.45, 2.75) is 17.8 Å². The highest BCUT2D eigenvalue weighted by Gasteiger charge is 2.34. The van der Waals surface area contributed by atoms with Gasteiger partial charge in [-0.3, -0.25) is 14.5 Å². The maximum Gasteiger partial charge on any atom is 0.416 e. The van der Waals surface area contributed by atoms with E-state index in [2.05, 4.69) is 10.3 Å². The number of amidine groups is 1. The lowest BCUT2D eigenvalue weighted by Gasteiger charge is -2.28. The monoisotopic (exact) mass is 425 g/mol. The third-order valence-corrected chi connectivity index (χ3v) is 5.31. The molecule has 5 nitrogen and oxygen atoms in total. The molecule has 1 aliphatic heterocycles. The number of aliphatic imine (C=N–C) groups is 1. The van der Waals surface area contributed by atoms with Crippen LogP contribution in [0.1, 0.15) is 12.0 Å². The number of rotatable bonds is 3. The summed E-state index contributed by atoms with van der Waals surface area (Å²) >= 11 is 0.970. The lowest BCUT2D eigenvalue weighted by atomic mass is 10.2. The van der Waals surface area contributed by atoms with Crippen molar-refractivity contribution in [3.8, 4) is 0 Å². The van der Waals surface area contributed by atoms with Crippen molar-refractivity contribution in [3.05, 3.63) is 59.9 Å². The lowest BCUT2D eigenvalue weighted by Crippen LogP contribution is -2.43. The minimum atomic E-state index is -4.52. The molecule has 0 aromatic heterocycles. The summed E-state index contributed by atoms with van der Waals surface area (Å²) < 4.78 is 51.7. The molecule has 1 heterocycles. The number of carbonyl (C=O) groups excluding carboxylic acids is 2. The molecule has 1 saturated heterocycles. The number of hydrogen-bond donors (Lipinski definition) is 1. The van der Waals surface area contributed by atoms with Gasteiger partial charge in [-0.2, -0.15) is 13.2 Å². The van der Waals surface area contributed by atoms with Crippen molar-refractivity contribution in [1.29, 1.82) is 0 Å². The van der Waals surface area contributed by atoms with Crippen LogP contribution in [0.5, 0.6) is 0 Å². The van der Waals surface area contributed by atoms with Gasteiger partial charge in [-0.05, 0) is 42.5 Å². The van der Waals surface area contributed by atoms with Crippen LogP contribution in [0, 0.1) is 5.82 Å². The van der Waals surface area contributed by atoms with Crippen LogP contribution in [0.4, 0.5) is 28.9 Å². The second-order valence-corrected chi connectivity index (χ2v) is 7.37. The Morgan fingerprint density at radius 2 is 1.90 bits per heavy atom. The lowest BCUT2D eigenvalue weighted by molar-refractivity contribution is -0.137. The molecule has 3 rings (SSSR count). The summed E-state index contributed by atoms with van der Waals surface area (Å²) in [7, 11) is 1.44. The Labute approximate surface area is 167 Å². The van der Waals surface area contributed by atoms with E-state index >= 15 is 0 Å². The van der Waals surface area contributed by atoms with Gasteiger partial charge in [0.1, 0.15) is 11.1 Å². The number of anilines is 1. The number of thioether (sulfide) groups is 1. The molecule has 2 amide bonds. The number of nitrogens with one attached hydrogen (secondary N) is 1. The summed E-state index contributed by atoms with van der Waals surface area (Å²) in [6.45, 7) is 0. The quantitative estimate of drug-likeness (QED) is 0.740. The van der Waals surface area contributed by atoms with E-state index in [1.54, 1.807) is 0 Å². The summed E-state index contributed by atoms with van der Waals surface area (Å²) in [5.41, 5.74) is -0.485. The number of hydrogen-bond acceptors (Lipinski definition) is 4. The van der Waals surface area contributed by atoms with Gasteiger partial charge in [0.05, 0.1) is 11.3 Å². The highest BCUT2D eigenvalue weighted by atomic mass is 32.2. The minimum absolute atomic E-state index is 0.0153. The molecule has 1 fully saturated rings. The molecule has 0 aliphatic carbocycles. The first-order valence-corrected chi connectivity index (χ1v) is 9.27. The van der Waals surface area contributed by atoms with E-state index in [-0.39, 0.29) is 17.3 Å². The Morgan fingerprint density at radius 1 is 1.21 bits per heavy atom. The fraction of sp³-hybridized carbons (Fsp3) is 0.211. The Hall–Kier alpha value is -2.88. The zero-order chi connectivity index (χ0) is 21.2. The number of carbonyl (C=O) groups is 2. The summed E-state index contributed by atoms with van der Waals surface area (Å²) in [4.78, 5) is 30.1. The van der Waals surface area contributed by atoms with Gasteiger partial charge in [-0.1, -0.05) is 17.8 Å². The molecule has 0 bridgehead atoms. The van der Waals surface area contributed by atoms with E-state index in [1.165, 1.54) is 48.3 Å². The molecule has 1 atom stereocenters. The average Bonchev–Trinajstić information content (AvgIpc) is 2.66. The van der Waals surface area contributed by atoms with Gasteiger partial charge in [0.2, 0.25) is 11.8 Å². The fourth-order valence-electron chi connectivity index (χ4n) is 2.52. The zero-order valence-electron chi connectivity index (χ0n) is 15.0. The maximum absolute atomic E-state index is 13.0. The SMILES string of the molecule is CN1C(=O)C[C@H](C(=O)Nc2ccc(F)cc2)SC1=Nc1cccc(C(F)(F)F)c1. The maximum atomic E-state index is 13.0. The van der Waals surface area contributed by atoms with E-state index < -0.39 is 34.6 Å². The van der Waals surface area contributed by atoms with Crippen molar-refractivity contribution in [1.82, 2.24) is 4.90 Å². The van der Waals surface area contributed by atoms with Crippen molar-refractivity contribution in [2.24, 2.45) is 4.99 Å². The number of amides is 2. The van der Waals surface area contributed by atoms with Crippen LogP contribution >= 0.6 is 11.8 Å². The smallest absolute Gasteiger partial charge is 0.325 e. The Morgan fingerprint density at radius 3 is 2.55 bits per heavy atom. The number of halogens is 4. The molecule has 0 saturated carbocycles. The molecule has 0 radical (unpaired) electrons. The van der Waals surface area contributed by atoms with Crippen LogP contribution < -0.4 is 5.32 Å². The second kappa shape index (κ2) is 8.24. The zero-order valence-corrected chi connectivity index (χ0v) is 15.9. The van der Waals surface area contributed by atoms with E-state index in [1.807, 2.05) is 0 Å². The van der Waals surface area contributed by atoms with Gasteiger partial charge in [0.15, 0.2) is 5.17 Å². The first-order valence-electron chi connectivity index (χ1n) is 8.39. The van der Waals surface area contributed by atoms with E-state index in [9.17, 15) is 27.2 Å². The average molecular weight is 425 g/mol. The van der Waals surface area contributed by atoms with Gasteiger partial charge in [-0.25, -0.2) is 9.38 Å². The van der Waals surface area contributed by atoms with Crippen molar-refractivity contribution >= 4 is 40.1 Å². The van der Waals surface area contributed by atoms with E-state index in [0.29, 0.717) is 5.69 Å². The number of benzene rings is 2. The van der Waals surface area contributed by atoms with Crippen LogP contribution in [-0.2, 0) is 15.8 Å². The van der Waals surface area contributed by atoms with Crippen molar-refractivity contribution < 1.29 is 27.2 Å². The largest absolute Gasteiger partial charge is 0.416 e. The van der Waals surface area contributed by atoms with Crippen LogP contribution in [0.3, 0.4) is 0 Å². The summed E-state index contributed by atoms with van der Waals surface area (Å²) in [5.74, 6) is -1.34. The molecule has 0 unspecified atom stereocenters. The van der Waals surface area contributed by atoms with Crippen molar-refractivity contribution in [2.75, 3.05) is 12.4 Å². The van der Waals surface area contributed by atoms with Gasteiger partial charge in [0, 0.05) is 19.2 Å². The topological polar surface area (TPSA) is 61.8 Å². The Balaban J connectivity index is 1.80. The third kappa shape index (κ3) is 5.14. The van der Waals surface area contributed by atoms with Crippen LogP contribution in [-0.4, -0.2) is 34.2 Å². The normalized spacial score (nSPS) is 18.8. The van der Waals surface area contributed by atoms with E-state index in [0.717, 1.165) is 23.9 Å². The van der Waals surface area contributed by atoms with Gasteiger partial charge in [0.25, 0.3) is 0 Å². The molecule has 1 N–H and O–H groups in total. The number of alkyl halides is 3. The fourth-order valence-corrected chi connectivity index (χ4v) is 3.58. The van der Waals surface area contributed by atoms with Gasteiger partial charge >= 0.3 is 6.18 Å². The molecule has 1 aliphatic rings. The van der Waals surface area contributed by atoms with Crippen LogP contribution in [0.25, 0.3) is 0 Å². The first-order chi connectivity index (χ1) is 13.6. The van der Waals surface area contributed by atoms with Crippen LogP contribution in [0.15, 0.2) is 53.5 Å². The summed E-state index contributed by atoms with van der Waals surface area (Å²) in [6, 6.07) is 9.52. The predicted molar refractivity (Wildman–Crippen MR) is 102 cm³/mol. The predicted octanol–water partition coefficient (Wildman–Crippen LogP) is 4.43. The molecule has 0 spiro atoms. The molecular formula is C19H15F4N3O2S. The van der Waals surface area contributed by atoms with Gasteiger partial charge in [-0.15, -0.1) is 0 Å². The number of nitrogens with zero attached hydrogens (tertiary/aromatic N) is 2. The van der Waals surface area contributed by atoms with Gasteiger partial charge < -0.3 is 5.32 Å². The Kier molecular flexibility index (Phi) is 5.92. The van der Waals surface area contributed by atoms with E-state index in [4.69, 9.17) is 0 Å². The highest BCUT2D eigenvalue weighted by molar-refractivity contribution is 8.15. The Bertz CT molecular complexity index is 961. The molecule has 29 heavy (non-hydrogen) atoms. The standard InChI is InChI=1S/C19H15F4N3O2S/c1-26-16(27)10-15(17(28)24-13-7-5-12(20)6-8-13)29-18(26)25-14-4-2-3-11(9-14)19(21,22)23/h2-9,15H,10H2,1H3,(H,24,28)/t15-/m1/s1. The van der Waals surface area contributed by atoms with Crippen LogP contribution in [0.2, 0.25) is 0 Å². The highest BCUT2D eigenvalue weighted by Crippen LogP contribution is 2.33. The second-order valence-electron chi connectivity index (χ2n) is 6.20. The summed E-state index contributed by atoms with van der Waals surface area (Å²) in [5, 5.41) is 1.87. The first kappa shape index (κ1) is 20.8. The molecule has 152 valence electrons. The minimum Gasteiger partial charge on any atom is -0.325 e. The summed E-state index contributed by atoms with van der Waals surface area (Å²) in [6.07, 6.45) is -4.62. The molecule has 10 heteroatoms. The van der Waals surface area contributed by atoms with Crippen molar-refractivity contribution in [3.63, 3.8) is 0 Å². The molecule has 2 aromatic rings. The molecular weight excluding hydrogens is 410 g/mol. The third-order valence-electron chi connectivity index (χ3n) is 4.07. The molecule has 2 aromatic carbocycles.